The van der Waals surface area contributed by atoms with Crippen LogP contribution in [0.1, 0.15) is 38.3 Å². The highest BCUT2D eigenvalue weighted by Gasteiger charge is 2.30. The summed E-state index contributed by atoms with van der Waals surface area (Å²) in [5.74, 6) is 6.15. The molecule has 1 amide bonds. The number of hydrogen-bond acceptors (Lipinski definition) is 3. The largest absolute Gasteiger partial charge is 0.444 e. The third kappa shape index (κ3) is 9.25. The Morgan fingerprint density at radius 2 is 2.03 bits per heavy atom. The van der Waals surface area contributed by atoms with Crippen molar-refractivity contribution in [2.24, 2.45) is 4.99 Å². The summed E-state index contributed by atoms with van der Waals surface area (Å²) in [6.07, 6.45) is -4.10. The Bertz CT molecular complexity index is 841. The number of nitrogens with one attached hydrogen (secondary N) is 2. The molecule has 172 valence electrons. The van der Waals surface area contributed by atoms with E-state index in [1.807, 2.05) is 4.90 Å². The van der Waals surface area contributed by atoms with Gasteiger partial charge in [-0.1, -0.05) is 17.9 Å². The second kappa shape index (κ2) is 11.5. The molecule has 1 aliphatic rings. The van der Waals surface area contributed by atoms with Crippen LogP contribution >= 0.6 is 24.0 Å². The lowest BCUT2D eigenvalue weighted by atomic mass is 10.1. The molecule has 1 aliphatic heterocycles. The molecule has 6 nitrogen and oxygen atoms in total. The Morgan fingerprint density at radius 1 is 1.32 bits per heavy atom. The van der Waals surface area contributed by atoms with Gasteiger partial charge in [0.2, 0.25) is 0 Å². The van der Waals surface area contributed by atoms with Crippen LogP contribution in [-0.4, -0.2) is 55.3 Å². The first kappa shape index (κ1) is 26.9. The number of carbonyl (C=O) groups is 1. The Kier molecular flexibility index (Phi) is 9.93. The van der Waals surface area contributed by atoms with Crippen molar-refractivity contribution < 1.29 is 22.7 Å². The van der Waals surface area contributed by atoms with E-state index in [2.05, 4.69) is 27.5 Å². The van der Waals surface area contributed by atoms with E-state index in [1.54, 1.807) is 27.8 Å². The van der Waals surface area contributed by atoms with Gasteiger partial charge in [-0.25, -0.2) is 4.79 Å². The molecule has 1 atom stereocenters. The number of aliphatic imine (C=N–C) groups is 1. The van der Waals surface area contributed by atoms with E-state index in [0.717, 1.165) is 18.6 Å². The van der Waals surface area contributed by atoms with Gasteiger partial charge < -0.3 is 20.3 Å². The number of carbonyl (C=O) groups excluding carboxylic acids is 1. The molecule has 2 N–H and O–H groups in total. The lowest BCUT2D eigenvalue weighted by molar-refractivity contribution is -0.137. The van der Waals surface area contributed by atoms with E-state index < -0.39 is 23.4 Å². The van der Waals surface area contributed by atoms with Crippen molar-refractivity contribution in [1.82, 2.24) is 15.5 Å². The number of ether oxygens (including phenoxy) is 1. The van der Waals surface area contributed by atoms with Gasteiger partial charge in [0.15, 0.2) is 5.96 Å². The summed E-state index contributed by atoms with van der Waals surface area (Å²) in [6, 6.07) is 4.84. The highest BCUT2D eigenvalue weighted by molar-refractivity contribution is 14.0. The van der Waals surface area contributed by atoms with Crippen LogP contribution in [0.3, 0.4) is 0 Å². The molecule has 0 saturated carbocycles. The van der Waals surface area contributed by atoms with E-state index in [0.29, 0.717) is 24.6 Å². The standard InChI is InChI=1S/C21H27F3N4O2.HI/c1-20(2,3)30-19(29)27-17-10-12-28(14-17)18(25-4)26-11-6-8-15-7-5-9-16(13-15)21(22,23)24;/h5,7,9,13,17H,10-12,14H2,1-4H3,(H,25,26)(H,27,29);1H. The quantitative estimate of drug-likeness (QED) is 0.253. The maximum Gasteiger partial charge on any atom is 0.416 e. The van der Waals surface area contributed by atoms with Crippen molar-refractivity contribution in [2.75, 3.05) is 26.7 Å². The number of likely N-dealkylation sites (tertiary alicyclic amines) is 1. The summed E-state index contributed by atoms with van der Waals surface area (Å²) in [5.41, 5.74) is -0.985. The predicted molar refractivity (Wildman–Crippen MR) is 124 cm³/mol. The number of halogens is 4. The molecule has 0 aromatic heterocycles. The van der Waals surface area contributed by atoms with E-state index in [4.69, 9.17) is 4.74 Å². The van der Waals surface area contributed by atoms with Gasteiger partial charge in [0.1, 0.15) is 5.60 Å². The van der Waals surface area contributed by atoms with Gasteiger partial charge in [-0.05, 0) is 45.4 Å². The molecule has 1 heterocycles. The van der Waals surface area contributed by atoms with Gasteiger partial charge >= 0.3 is 12.3 Å². The van der Waals surface area contributed by atoms with Crippen LogP contribution < -0.4 is 10.6 Å². The van der Waals surface area contributed by atoms with Crippen molar-refractivity contribution in [2.45, 2.75) is 45.0 Å². The molecule has 10 heteroatoms. The second-order valence-electron chi connectivity index (χ2n) is 7.86. The van der Waals surface area contributed by atoms with Crippen LogP contribution in [0.15, 0.2) is 29.3 Å². The normalized spacial score (nSPS) is 16.7. The maximum absolute atomic E-state index is 12.8. The van der Waals surface area contributed by atoms with Crippen LogP contribution in [0.25, 0.3) is 0 Å². The predicted octanol–water partition coefficient (Wildman–Crippen LogP) is 3.85. The number of benzene rings is 1. The SMILES string of the molecule is CN=C(NCC#Cc1cccc(C(F)(F)F)c1)N1CCC(NC(=O)OC(C)(C)C)C1.I. The fourth-order valence-corrected chi connectivity index (χ4v) is 2.92. The topological polar surface area (TPSA) is 66.0 Å². The zero-order valence-electron chi connectivity index (χ0n) is 18.0. The Morgan fingerprint density at radius 3 is 2.65 bits per heavy atom. The molecular weight excluding hydrogens is 524 g/mol. The Hall–Kier alpha value is -2.16. The number of guanidine groups is 1. The van der Waals surface area contributed by atoms with Crippen molar-refractivity contribution in [3.63, 3.8) is 0 Å². The fourth-order valence-electron chi connectivity index (χ4n) is 2.92. The number of amides is 1. The highest BCUT2D eigenvalue weighted by Crippen LogP contribution is 2.29. The van der Waals surface area contributed by atoms with Crippen LogP contribution in [0, 0.1) is 11.8 Å². The smallest absolute Gasteiger partial charge is 0.416 e. The molecule has 2 rings (SSSR count). The number of rotatable bonds is 2. The van der Waals surface area contributed by atoms with Gasteiger partial charge in [0.05, 0.1) is 18.2 Å². The van der Waals surface area contributed by atoms with Gasteiger partial charge in [0.25, 0.3) is 0 Å². The minimum absolute atomic E-state index is 0. The number of hydrogen-bond donors (Lipinski definition) is 2. The van der Waals surface area contributed by atoms with Crippen molar-refractivity contribution >= 4 is 36.0 Å². The fraction of sp³-hybridized carbons (Fsp3) is 0.524. The van der Waals surface area contributed by atoms with Crippen LogP contribution in [-0.2, 0) is 10.9 Å². The number of nitrogens with zero attached hydrogens (tertiary/aromatic N) is 2. The number of alkyl halides is 3. The third-order valence-electron chi connectivity index (χ3n) is 4.18. The first-order valence-corrected chi connectivity index (χ1v) is 9.59. The zero-order valence-corrected chi connectivity index (χ0v) is 20.3. The monoisotopic (exact) mass is 552 g/mol. The van der Waals surface area contributed by atoms with Crippen molar-refractivity contribution in [3.05, 3.63) is 35.4 Å². The summed E-state index contributed by atoms with van der Waals surface area (Å²) >= 11 is 0. The summed E-state index contributed by atoms with van der Waals surface area (Å²) in [5, 5.41) is 5.92. The molecule has 1 aromatic carbocycles. The van der Waals surface area contributed by atoms with E-state index in [1.165, 1.54) is 12.1 Å². The van der Waals surface area contributed by atoms with Crippen molar-refractivity contribution in [1.29, 1.82) is 0 Å². The van der Waals surface area contributed by atoms with Gasteiger partial charge in [-0.3, -0.25) is 4.99 Å². The van der Waals surface area contributed by atoms with Crippen LogP contribution in [0.5, 0.6) is 0 Å². The lowest BCUT2D eigenvalue weighted by Gasteiger charge is -2.23. The summed E-state index contributed by atoms with van der Waals surface area (Å²) in [7, 11) is 1.64. The van der Waals surface area contributed by atoms with Gasteiger partial charge in [-0.2, -0.15) is 13.2 Å². The molecule has 1 unspecified atom stereocenters. The molecular formula is C21H28F3IN4O2. The average molecular weight is 552 g/mol. The van der Waals surface area contributed by atoms with Gasteiger partial charge in [-0.15, -0.1) is 24.0 Å². The minimum atomic E-state index is -4.39. The molecule has 1 aromatic rings. The second-order valence-corrected chi connectivity index (χ2v) is 7.86. The summed E-state index contributed by atoms with van der Waals surface area (Å²) in [4.78, 5) is 18.1. The first-order valence-electron chi connectivity index (χ1n) is 9.59. The van der Waals surface area contributed by atoms with Gasteiger partial charge in [0, 0.05) is 25.7 Å². The first-order chi connectivity index (χ1) is 14.0. The van der Waals surface area contributed by atoms with Crippen LogP contribution in [0.4, 0.5) is 18.0 Å². The zero-order chi connectivity index (χ0) is 22.4. The maximum atomic E-state index is 12.8. The van der Waals surface area contributed by atoms with E-state index in [9.17, 15) is 18.0 Å². The molecule has 31 heavy (non-hydrogen) atoms. The summed E-state index contributed by atoms with van der Waals surface area (Å²) < 4.78 is 43.5. The van der Waals surface area contributed by atoms with E-state index in [-0.39, 0.29) is 36.6 Å². The van der Waals surface area contributed by atoms with Crippen molar-refractivity contribution in [3.8, 4) is 11.8 Å². The Labute approximate surface area is 198 Å². The highest BCUT2D eigenvalue weighted by atomic mass is 127. The molecule has 0 radical (unpaired) electrons. The van der Waals surface area contributed by atoms with Crippen LogP contribution in [0.2, 0.25) is 0 Å². The molecule has 0 aliphatic carbocycles. The third-order valence-corrected chi connectivity index (χ3v) is 4.18. The number of alkyl carbamates (subject to hydrolysis) is 1. The molecule has 1 fully saturated rings. The van der Waals surface area contributed by atoms with E-state index >= 15 is 0 Å². The minimum Gasteiger partial charge on any atom is -0.444 e. The molecule has 0 spiro atoms. The molecule has 1 saturated heterocycles. The summed E-state index contributed by atoms with van der Waals surface area (Å²) in [6.45, 7) is 6.91. The lowest BCUT2D eigenvalue weighted by Crippen LogP contribution is -2.44. The molecule has 0 bridgehead atoms. The Balaban J connectivity index is 0.00000480. The average Bonchev–Trinajstić information content (AvgIpc) is 3.07.